The molecule has 0 saturated heterocycles. The first kappa shape index (κ1) is 18.5. The van der Waals surface area contributed by atoms with Crippen molar-refractivity contribution in [2.24, 2.45) is 7.05 Å². The maximum Gasteiger partial charge on any atom is 0.211 e. The van der Waals surface area contributed by atoms with Crippen LogP contribution in [-0.4, -0.2) is 36.6 Å². The first-order chi connectivity index (χ1) is 14.1. The summed E-state index contributed by atoms with van der Waals surface area (Å²) in [6.45, 7) is 2.48. The highest BCUT2D eigenvalue weighted by Crippen LogP contribution is 2.19. The van der Waals surface area contributed by atoms with E-state index in [9.17, 15) is 4.79 Å². The Hall–Kier alpha value is -3.81. The van der Waals surface area contributed by atoms with E-state index < -0.39 is 0 Å². The quantitative estimate of drug-likeness (QED) is 0.545. The van der Waals surface area contributed by atoms with E-state index in [0.29, 0.717) is 35.9 Å². The molecule has 0 saturated carbocycles. The molecule has 1 aromatic carbocycles. The first-order valence-electron chi connectivity index (χ1n) is 9.24. The SMILES string of the molecule is CCOc1cnc(-c2cccc(Cc3n[nH]cc(-c4cnn(C)c4)c3=O)c2)nc1. The molecule has 0 aliphatic rings. The van der Waals surface area contributed by atoms with E-state index in [1.165, 1.54) is 0 Å². The fraction of sp³-hybridized carbons (Fsp3) is 0.190. The molecule has 0 amide bonds. The van der Waals surface area contributed by atoms with Crippen molar-refractivity contribution in [3.05, 3.63) is 76.7 Å². The Morgan fingerprint density at radius 1 is 1.14 bits per heavy atom. The monoisotopic (exact) mass is 388 g/mol. The highest BCUT2D eigenvalue weighted by atomic mass is 16.5. The largest absolute Gasteiger partial charge is 0.491 e. The zero-order valence-electron chi connectivity index (χ0n) is 16.2. The van der Waals surface area contributed by atoms with E-state index in [0.717, 1.165) is 16.7 Å². The zero-order chi connectivity index (χ0) is 20.2. The number of benzene rings is 1. The number of ether oxygens (including phenoxy) is 1. The normalized spacial score (nSPS) is 10.8. The Balaban J connectivity index is 1.61. The Kier molecular flexibility index (Phi) is 5.15. The maximum absolute atomic E-state index is 12.9. The van der Waals surface area contributed by atoms with Gasteiger partial charge in [-0.25, -0.2) is 9.97 Å². The number of nitrogens with zero attached hydrogens (tertiary/aromatic N) is 5. The van der Waals surface area contributed by atoms with Crippen molar-refractivity contribution < 1.29 is 4.74 Å². The van der Waals surface area contributed by atoms with Crippen LogP contribution in [0.1, 0.15) is 18.2 Å². The molecule has 0 unspecified atom stereocenters. The van der Waals surface area contributed by atoms with Crippen LogP contribution in [0.2, 0.25) is 0 Å². The molecule has 0 aliphatic heterocycles. The predicted molar refractivity (Wildman–Crippen MR) is 109 cm³/mol. The molecule has 0 atom stereocenters. The fourth-order valence-corrected chi connectivity index (χ4v) is 3.06. The van der Waals surface area contributed by atoms with Crippen molar-refractivity contribution >= 4 is 0 Å². The number of nitrogens with one attached hydrogen (secondary N) is 1. The summed E-state index contributed by atoms with van der Waals surface area (Å²) >= 11 is 0. The maximum atomic E-state index is 12.9. The lowest BCUT2D eigenvalue weighted by molar-refractivity contribution is 0.337. The highest BCUT2D eigenvalue weighted by Gasteiger charge is 2.12. The lowest BCUT2D eigenvalue weighted by Gasteiger charge is -2.06. The van der Waals surface area contributed by atoms with Crippen LogP contribution >= 0.6 is 0 Å². The fourth-order valence-electron chi connectivity index (χ4n) is 3.06. The van der Waals surface area contributed by atoms with E-state index in [1.807, 2.05) is 38.2 Å². The molecule has 4 aromatic rings. The van der Waals surface area contributed by atoms with Crippen LogP contribution < -0.4 is 10.2 Å². The van der Waals surface area contributed by atoms with Crippen LogP contribution in [0.3, 0.4) is 0 Å². The summed E-state index contributed by atoms with van der Waals surface area (Å²) in [5, 5.41) is 11.2. The standard InChI is InChI=1S/C21H20N6O2/c1-3-29-17-10-22-21(23-11-17)15-6-4-5-14(7-15)8-19-20(28)18(12-24-26-19)16-9-25-27(2)13-16/h4-7,9-13H,3,8H2,1-2H3,(H,24,28). The van der Waals surface area contributed by atoms with Gasteiger partial charge in [-0.05, 0) is 18.6 Å². The third-order valence-corrected chi connectivity index (χ3v) is 4.43. The van der Waals surface area contributed by atoms with Crippen LogP contribution in [0.25, 0.3) is 22.5 Å². The number of hydrogen-bond acceptors (Lipinski definition) is 6. The van der Waals surface area contributed by atoms with Gasteiger partial charge in [-0.3, -0.25) is 14.6 Å². The third kappa shape index (κ3) is 4.06. The molecule has 3 aromatic heterocycles. The van der Waals surface area contributed by atoms with Gasteiger partial charge in [0, 0.05) is 37.0 Å². The van der Waals surface area contributed by atoms with Crippen molar-refractivity contribution in [3.8, 4) is 28.3 Å². The lowest BCUT2D eigenvalue weighted by Crippen LogP contribution is -2.15. The van der Waals surface area contributed by atoms with E-state index in [-0.39, 0.29) is 5.43 Å². The molecule has 1 N–H and O–H groups in total. The van der Waals surface area contributed by atoms with Crippen LogP contribution in [0.15, 0.2) is 60.0 Å². The second-order valence-electron chi connectivity index (χ2n) is 6.53. The minimum atomic E-state index is -0.112. The zero-order valence-corrected chi connectivity index (χ0v) is 16.2. The molecule has 0 bridgehead atoms. The number of aryl methyl sites for hydroxylation is 1. The van der Waals surface area contributed by atoms with E-state index in [4.69, 9.17) is 4.74 Å². The van der Waals surface area contributed by atoms with Gasteiger partial charge in [0.15, 0.2) is 11.6 Å². The van der Waals surface area contributed by atoms with E-state index in [2.05, 4.69) is 25.3 Å². The molecule has 146 valence electrons. The summed E-state index contributed by atoms with van der Waals surface area (Å²) in [5.74, 6) is 1.23. The van der Waals surface area contributed by atoms with Crippen LogP contribution in [0, 0.1) is 0 Å². The molecular formula is C21H20N6O2. The molecule has 4 rings (SSSR count). The van der Waals surface area contributed by atoms with Gasteiger partial charge < -0.3 is 4.74 Å². The Morgan fingerprint density at radius 3 is 2.69 bits per heavy atom. The molecule has 8 nitrogen and oxygen atoms in total. The number of hydrogen-bond donors (Lipinski definition) is 1. The smallest absolute Gasteiger partial charge is 0.211 e. The van der Waals surface area contributed by atoms with Gasteiger partial charge in [0.25, 0.3) is 0 Å². The summed E-state index contributed by atoms with van der Waals surface area (Å²) < 4.78 is 7.05. The molecular weight excluding hydrogens is 368 g/mol. The second-order valence-corrected chi connectivity index (χ2v) is 6.53. The van der Waals surface area contributed by atoms with Crippen molar-refractivity contribution in [3.63, 3.8) is 0 Å². The summed E-state index contributed by atoms with van der Waals surface area (Å²) in [5.41, 5.74) is 3.45. The Labute approximate surface area is 167 Å². The summed E-state index contributed by atoms with van der Waals surface area (Å²) in [6.07, 6.45) is 8.78. The minimum Gasteiger partial charge on any atom is -0.491 e. The van der Waals surface area contributed by atoms with Gasteiger partial charge in [0.05, 0.1) is 30.8 Å². The van der Waals surface area contributed by atoms with Crippen LogP contribution in [0.5, 0.6) is 5.75 Å². The van der Waals surface area contributed by atoms with Gasteiger partial charge in [0.1, 0.15) is 5.69 Å². The number of H-pyrrole nitrogens is 1. The molecule has 0 aliphatic carbocycles. The number of rotatable bonds is 6. The van der Waals surface area contributed by atoms with E-state index >= 15 is 0 Å². The van der Waals surface area contributed by atoms with Gasteiger partial charge in [-0.1, -0.05) is 18.2 Å². The highest BCUT2D eigenvalue weighted by molar-refractivity contribution is 5.61. The van der Waals surface area contributed by atoms with Crippen molar-refractivity contribution in [1.29, 1.82) is 0 Å². The minimum absolute atomic E-state index is 0.112. The molecule has 8 heteroatoms. The van der Waals surface area contributed by atoms with Gasteiger partial charge in [-0.2, -0.15) is 10.2 Å². The molecule has 0 fully saturated rings. The summed E-state index contributed by atoms with van der Waals surface area (Å²) in [4.78, 5) is 21.6. The molecule has 3 heterocycles. The average Bonchev–Trinajstić information content (AvgIpc) is 3.17. The summed E-state index contributed by atoms with van der Waals surface area (Å²) in [7, 11) is 1.81. The van der Waals surface area contributed by atoms with Gasteiger partial charge in [-0.15, -0.1) is 0 Å². The topological polar surface area (TPSA) is 98.6 Å². The van der Waals surface area contributed by atoms with Gasteiger partial charge in [0.2, 0.25) is 5.43 Å². The summed E-state index contributed by atoms with van der Waals surface area (Å²) in [6, 6.07) is 7.77. The first-order valence-corrected chi connectivity index (χ1v) is 9.24. The van der Waals surface area contributed by atoms with E-state index in [1.54, 1.807) is 35.7 Å². The van der Waals surface area contributed by atoms with Crippen LogP contribution in [-0.2, 0) is 13.5 Å². The van der Waals surface area contributed by atoms with Crippen molar-refractivity contribution in [1.82, 2.24) is 29.9 Å². The van der Waals surface area contributed by atoms with Crippen LogP contribution in [0.4, 0.5) is 0 Å². The lowest BCUT2D eigenvalue weighted by atomic mass is 10.0. The molecule has 29 heavy (non-hydrogen) atoms. The number of aromatic nitrogens is 6. The number of aromatic amines is 1. The Bertz CT molecular complexity index is 1180. The van der Waals surface area contributed by atoms with Crippen molar-refractivity contribution in [2.45, 2.75) is 13.3 Å². The van der Waals surface area contributed by atoms with Gasteiger partial charge >= 0.3 is 0 Å². The second kappa shape index (κ2) is 8.05. The average molecular weight is 388 g/mol. The molecule has 0 spiro atoms. The molecule has 0 radical (unpaired) electrons. The predicted octanol–water partition coefficient (Wildman–Crippen LogP) is 2.62. The Morgan fingerprint density at radius 2 is 1.97 bits per heavy atom. The third-order valence-electron chi connectivity index (χ3n) is 4.43. The van der Waals surface area contributed by atoms with Crippen molar-refractivity contribution in [2.75, 3.05) is 6.61 Å².